The summed E-state index contributed by atoms with van der Waals surface area (Å²) < 4.78 is 5.75. The standard InChI is InChI=1S/C18H19N3O3S.Na.H/c1-21(16-4-2-3-9-19-16)10-11-24-14-7-5-13(6-8-14)12-15-17(22)20-18(23)25-15;;/h2-9,15H,10-12H2,1H3,(H,20,22,23);;. The SMILES string of the molecule is CN(CCOc1ccc(CC2SC(=O)NC2=O)cc1)c1ccccn1.[NaH]. The molecule has 2 aromatic rings. The summed E-state index contributed by atoms with van der Waals surface area (Å²) in [6.45, 7) is 1.27. The molecule has 2 amide bonds. The van der Waals surface area contributed by atoms with Crippen LogP contribution in [0.25, 0.3) is 0 Å². The van der Waals surface area contributed by atoms with Gasteiger partial charge in [0.15, 0.2) is 0 Å². The number of likely N-dealkylation sites (N-methyl/N-ethyl adjacent to an activating group) is 1. The Hall–Kier alpha value is -1.54. The minimum absolute atomic E-state index is 0. The van der Waals surface area contributed by atoms with E-state index in [2.05, 4.69) is 10.3 Å². The molecule has 1 aromatic carbocycles. The van der Waals surface area contributed by atoms with Gasteiger partial charge in [0.25, 0.3) is 5.24 Å². The number of nitrogens with one attached hydrogen (secondary N) is 1. The fourth-order valence-electron chi connectivity index (χ4n) is 2.46. The van der Waals surface area contributed by atoms with Crippen molar-refractivity contribution in [3.05, 3.63) is 54.2 Å². The first kappa shape index (κ1) is 20.8. The van der Waals surface area contributed by atoms with E-state index in [1.54, 1.807) is 6.20 Å². The fourth-order valence-corrected chi connectivity index (χ4v) is 3.32. The Labute approximate surface area is 179 Å². The quantitative estimate of drug-likeness (QED) is 0.738. The van der Waals surface area contributed by atoms with Crippen molar-refractivity contribution in [1.82, 2.24) is 10.3 Å². The van der Waals surface area contributed by atoms with Crippen LogP contribution in [-0.4, -0.2) is 71.1 Å². The van der Waals surface area contributed by atoms with Crippen LogP contribution in [-0.2, 0) is 11.2 Å². The molecule has 0 aliphatic carbocycles. The predicted octanol–water partition coefficient (Wildman–Crippen LogP) is 1.84. The van der Waals surface area contributed by atoms with E-state index < -0.39 is 0 Å². The molecule has 6 nitrogen and oxygen atoms in total. The van der Waals surface area contributed by atoms with Crippen molar-refractivity contribution in [3.8, 4) is 5.75 Å². The average Bonchev–Trinajstić information content (AvgIpc) is 2.94. The topological polar surface area (TPSA) is 71.5 Å². The molecule has 26 heavy (non-hydrogen) atoms. The van der Waals surface area contributed by atoms with Crippen LogP contribution in [0.5, 0.6) is 5.75 Å². The van der Waals surface area contributed by atoms with Gasteiger partial charge in [-0.05, 0) is 36.2 Å². The van der Waals surface area contributed by atoms with Crippen LogP contribution in [0.1, 0.15) is 5.56 Å². The van der Waals surface area contributed by atoms with Gasteiger partial charge < -0.3 is 9.64 Å². The fraction of sp³-hybridized carbons (Fsp3) is 0.278. The van der Waals surface area contributed by atoms with Crippen molar-refractivity contribution < 1.29 is 14.3 Å². The molecule has 1 aliphatic rings. The van der Waals surface area contributed by atoms with Crippen LogP contribution < -0.4 is 15.0 Å². The van der Waals surface area contributed by atoms with Gasteiger partial charge in [-0.2, -0.15) is 0 Å². The summed E-state index contributed by atoms with van der Waals surface area (Å²) in [5.74, 6) is 1.47. The Bertz CT molecular complexity index is 743. The summed E-state index contributed by atoms with van der Waals surface area (Å²) in [5, 5.41) is 1.69. The molecule has 1 aliphatic heterocycles. The maximum atomic E-state index is 11.6. The van der Waals surface area contributed by atoms with Gasteiger partial charge in [-0.3, -0.25) is 14.9 Å². The van der Waals surface area contributed by atoms with Gasteiger partial charge >= 0.3 is 29.6 Å². The summed E-state index contributed by atoms with van der Waals surface area (Å²) in [7, 11) is 1.97. The Morgan fingerprint density at radius 2 is 1.96 bits per heavy atom. The molecule has 132 valence electrons. The number of ether oxygens (including phenoxy) is 1. The van der Waals surface area contributed by atoms with Crippen LogP contribution in [0.4, 0.5) is 10.6 Å². The summed E-state index contributed by atoms with van der Waals surface area (Å²) in [6, 6.07) is 13.4. The monoisotopic (exact) mass is 381 g/mol. The minimum atomic E-state index is -0.341. The molecule has 2 heterocycles. The van der Waals surface area contributed by atoms with Gasteiger partial charge in [0.05, 0.1) is 11.8 Å². The zero-order valence-electron chi connectivity index (χ0n) is 13.8. The molecule has 0 spiro atoms. The Morgan fingerprint density at radius 1 is 1.19 bits per heavy atom. The number of nitrogens with zero attached hydrogens (tertiary/aromatic N) is 2. The van der Waals surface area contributed by atoms with Gasteiger partial charge in [-0.25, -0.2) is 4.98 Å². The first-order valence-electron chi connectivity index (χ1n) is 7.97. The number of pyridine rings is 1. The number of aromatic nitrogens is 1. The van der Waals surface area contributed by atoms with E-state index in [0.717, 1.165) is 35.4 Å². The number of anilines is 1. The van der Waals surface area contributed by atoms with Crippen molar-refractivity contribution in [1.29, 1.82) is 0 Å². The van der Waals surface area contributed by atoms with Crippen LogP contribution in [0, 0.1) is 0 Å². The summed E-state index contributed by atoms with van der Waals surface area (Å²) in [4.78, 5) is 29.1. The van der Waals surface area contributed by atoms with Gasteiger partial charge in [0.1, 0.15) is 18.2 Å². The molecule has 1 aromatic heterocycles. The van der Waals surface area contributed by atoms with Gasteiger partial charge in [-0.15, -0.1) is 0 Å². The summed E-state index contributed by atoms with van der Waals surface area (Å²) in [5.41, 5.74) is 1.00. The molecule has 3 rings (SSSR count). The van der Waals surface area contributed by atoms with Crippen molar-refractivity contribution in [2.24, 2.45) is 0 Å². The van der Waals surface area contributed by atoms with Gasteiger partial charge in [0.2, 0.25) is 5.91 Å². The number of carbonyl (C=O) groups is 2. The van der Waals surface area contributed by atoms with Crippen molar-refractivity contribution in [2.45, 2.75) is 11.7 Å². The maximum absolute atomic E-state index is 11.6. The van der Waals surface area contributed by atoms with Crippen molar-refractivity contribution in [3.63, 3.8) is 0 Å². The number of carbonyl (C=O) groups excluding carboxylic acids is 2. The predicted molar refractivity (Wildman–Crippen MR) is 105 cm³/mol. The van der Waals surface area contributed by atoms with E-state index in [9.17, 15) is 9.59 Å². The van der Waals surface area contributed by atoms with E-state index in [4.69, 9.17) is 4.74 Å². The van der Waals surface area contributed by atoms with E-state index in [-0.39, 0.29) is 46.0 Å². The number of hydrogen-bond donors (Lipinski definition) is 1. The normalized spacial score (nSPS) is 16.0. The molecule has 8 heteroatoms. The second-order valence-corrected chi connectivity index (χ2v) is 6.86. The van der Waals surface area contributed by atoms with E-state index >= 15 is 0 Å². The number of rotatable bonds is 7. The molecule has 1 N–H and O–H groups in total. The molecular formula is C18H20N3NaO3S. The second-order valence-electron chi connectivity index (χ2n) is 5.69. The third-order valence-electron chi connectivity index (χ3n) is 3.85. The van der Waals surface area contributed by atoms with Crippen LogP contribution in [0.15, 0.2) is 48.7 Å². The molecule has 1 unspecified atom stereocenters. The number of thioether (sulfide) groups is 1. The third-order valence-corrected chi connectivity index (χ3v) is 4.83. The number of amides is 2. The molecule has 0 radical (unpaired) electrons. The third kappa shape index (κ3) is 5.74. The van der Waals surface area contributed by atoms with Crippen LogP contribution in [0.2, 0.25) is 0 Å². The van der Waals surface area contributed by atoms with Crippen molar-refractivity contribution in [2.75, 3.05) is 25.1 Å². The summed E-state index contributed by atoms with van der Waals surface area (Å²) in [6.07, 6.45) is 2.30. The van der Waals surface area contributed by atoms with Crippen molar-refractivity contribution >= 4 is 58.3 Å². The average molecular weight is 381 g/mol. The molecule has 1 saturated heterocycles. The summed E-state index contributed by atoms with van der Waals surface area (Å²) >= 11 is 1.05. The zero-order chi connectivity index (χ0) is 17.6. The molecule has 1 atom stereocenters. The molecular weight excluding hydrogens is 361 g/mol. The number of benzene rings is 1. The first-order chi connectivity index (χ1) is 12.1. The Morgan fingerprint density at radius 3 is 2.58 bits per heavy atom. The van der Waals surface area contributed by atoms with E-state index in [1.807, 2.05) is 54.4 Å². The van der Waals surface area contributed by atoms with Crippen LogP contribution in [0.3, 0.4) is 0 Å². The zero-order valence-corrected chi connectivity index (χ0v) is 14.7. The molecule has 1 fully saturated rings. The van der Waals surface area contributed by atoms with Crippen LogP contribution >= 0.6 is 11.8 Å². The second kappa shape index (κ2) is 9.97. The number of imide groups is 1. The number of hydrogen-bond acceptors (Lipinski definition) is 6. The molecule has 0 saturated carbocycles. The van der Waals surface area contributed by atoms with E-state index in [0.29, 0.717) is 13.0 Å². The van der Waals surface area contributed by atoms with E-state index in [1.165, 1.54) is 0 Å². The Balaban J connectivity index is 0.00000243. The van der Waals surface area contributed by atoms with Gasteiger partial charge in [-0.1, -0.05) is 30.0 Å². The van der Waals surface area contributed by atoms with Gasteiger partial charge in [0, 0.05) is 13.2 Å². The first-order valence-corrected chi connectivity index (χ1v) is 8.85. The Kier molecular flexibility index (Phi) is 7.96. The molecule has 0 bridgehead atoms.